The first-order valence-electron chi connectivity index (χ1n) is 8.45. The summed E-state index contributed by atoms with van der Waals surface area (Å²) in [7, 11) is 2.13. The van der Waals surface area contributed by atoms with E-state index in [9.17, 15) is 0 Å². The standard InChI is InChI=1S/C18H32N4.HI/c1-4-6-7-8-12-20-18(19)21-14-16-10-9-11-17(13-16)15-22(3)5-2;/h9-11,13H,4-8,12,14-15H2,1-3H3,(H3,19,20,21);1H. The normalized spacial score (nSPS) is 11.4. The van der Waals surface area contributed by atoms with Gasteiger partial charge in [0.05, 0.1) is 6.54 Å². The van der Waals surface area contributed by atoms with E-state index in [4.69, 9.17) is 5.73 Å². The number of benzene rings is 1. The summed E-state index contributed by atoms with van der Waals surface area (Å²) in [6.45, 7) is 7.96. The molecular weight excluding hydrogens is 399 g/mol. The zero-order valence-electron chi connectivity index (χ0n) is 14.8. The van der Waals surface area contributed by atoms with Gasteiger partial charge in [-0.1, -0.05) is 57.4 Å². The van der Waals surface area contributed by atoms with E-state index in [0.29, 0.717) is 12.5 Å². The van der Waals surface area contributed by atoms with Gasteiger partial charge in [-0.25, -0.2) is 4.99 Å². The third-order valence-electron chi connectivity index (χ3n) is 3.75. The van der Waals surface area contributed by atoms with Crippen LogP contribution in [-0.4, -0.2) is 31.0 Å². The first-order valence-corrected chi connectivity index (χ1v) is 8.45. The van der Waals surface area contributed by atoms with Crippen molar-refractivity contribution in [1.82, 2.24) is 10.2 Å². The van der Waals surface area contributed by atoms with E-state index < -0.39 is 0 Å². The predicted octanol–water partition coefficient (Wildman–Crippen LogP) is 3.74. The quantitative estimate of drug-likeness (QED) is 0.256. The Morgan fingerprint density at radius 1 is 1.17 bits per heavy atom. The van der Waals surface area contributed by atoms with Gasteiger partial charge in [-0.15, -0.1) is 24.0 Å². The van der Waals surface area contributed by atoms with Gasteiger partial charge in [-0.05, 0) is 31.1 Å². The van der Waals surface area contributed by atoms with Gasteiger partial charge in [0, 0.05) is 13.1 Å². The Morgan fingerprint density at radius 3 is 2.61 bits per heavy atom. The summed E-state index contributed by atoms with van der Waals surface area (Å²) >= 11 is 0. The van der Waals surface area contributed by atoms with Crippen LogP contribution in [0.4, 0.5) is 0 Å². The maximum atomic E-state index is 5.91. The molecule has 0 heterocycles. The molecule has 0 bridgehead atoms. The van der Waals surface area contributed by atoms with E-state index in [1.807, 2.05) is 0 Å². The lowest BCUT2D eigenvalue weighted by atomic mass is 10.1. The Kier molecular flexibility index (Phi) is 13.1. The van der Waals surface area contributed by atoms with Crippen LogP contribution in [0, 0.1) is 0 Å². The largest absolute Gasteiger partial charge is 0.370 e. The maximum absolute atomic E-state index is 5.91. The predicted molar refractivity (Wildman–Crippen MR) is 111 cm³/mol. The molecule has 0 aliphatic carbocycles. The SMILES string of the molecule is CCCCCCNC(N)=NCc1cccc(CN(C)CC)c1.I. The molecule has 0 saturated heterocycles. The summed E-state index contributed by atoms with van der Waals surface area (Å²) in [6, 6.07) is 8.57. The molecule has 3 N–H and O–H groups in total. The number of halogens is 1. The molecule has 0 radical (unpaired) electrons. The van der Waals surface area contributed by atoms with Crippen LogP contribution < -0.4 is 11.1 Å². The summed E-state index contributed by atoms with van der Waals surface area (Å²) in [6.07, 6.45) is 4.96. The molecule has 0 aromatic heterocycles. The van der Waals surface area contributed by atoms with Crippen LogP contribution in [0.15, 0.2) is 29.3 Å². The second kappa shape index (κ2) is 13.6. The van der Waals surface area contributed by atoms with Crippen molar-refractivity contribution in [3.8, 4) is 0 Å². The molecule has 5 heteroatoms. The zero-order chi connectivity index (χ0) is 16.2. The summed E-state index contributed by atoms with van der Waals surface area (Å²) < 4.78 is 0. The lowest BCUT2D eigenvalue weighted by molar-refractivity contribution is 0.345. The molecule has 1 aromatic carbocycles. The van der Waals surface area contributed by atoms with Crippen LogP contribution >= 0.6 is 24.0 Å². The fourth-order valence-corrected chi connectivity index (χ4v) is 2.25. The smallest absolute Gasteiger partial charge is 0.188 e. The lowest BCUT2D eigenvalue weighted by Crippen LogP contribution is -2.32. The van der Waals surface area contributed by atoms with Crippen LogP contribution in [0.1, 0.15) is 50.7 Å². The van der Waals surface area contributed by atoms with Crippen LogP contribution in [-0.2, 0) is 13.1 Å². The highest BCUT2D eigenvalue weighted by Gasteiger charge is 2.00. The Labute approximate surface area is 158 Å². The number of aliphatic imine (C=N–C) groups is 1. The Hall–Kier alpha value is -0.820. The molecule has 0 spiro atoms. The van der Waals surface area contributed by atoms with Crippen LogP contribution in [0.2, 0.25) is 0 Å². The Bertz CT molecular complexity index is 448. The third-order valence-corrected chi connectivity index (χ3v) is 3.75. The third kappa shape index (κ3) is 10.5. The van der Waals surface area contributed by atoms with Gasteiger partial charge in [0.25, 0.3) is 0 Å². The van der Waals surface area contributed by atoms with Crippen molar-refractivity contribution >= 4 is 29.9 Å². The topological polar surface area (TPSA) is 53.6 Å². The van der Waals surface area contributed by atoms with Gasteiger partial charge >= 0.3 is 0 Å². The van der Waals surface area contributed by atoms with Crippen molar-refractivity contribution in [2.24, 2.45) is 10.7 Å². The molecule has 0 amide bonds. The minimum Gasteiger partial charge on any atom is -0.370 e. The van der Waals surface area contributed by atoms with Gasteiger partial charge in [-0.2, -0.15) is 0 Å². The van der Waals surface area contributed by atoms with Gasteiger partial charge < -0.3 is 16.0 Å². The summed E-state index contributed by atoms with van der Waals surface area (Å²) in [5.74, 6) is 0.549. The van der Waals surface area contributed by atoms with Crippen LogP contribution in [0.25, 0.3) is 0 Å². The summed E-state index contributed by atoms with van der Waals surface area (Å²) in [5.41, 5.74) is 8.44. The van der Waals surface area contributed by atoms with Gasteiger partial charge in [-0.3, -0.25) is 0 Å². The first-order chi connectivity index (χ1) is 10.7. The van der Waals surface area contributed by atoms with E-state index in [0.717, 1.165) is 26.1 Å². The summed E-state index contributed by atoms with van der Waals surface area (Å²) in [4.78, 5) is 6.71. The molecule has 0 atom stereocenters. The number of nitrogens with zero attached hydrogens (tertiary/aromatic N) is 2. The fraction of sp³-hybridized carbons (Fsp3) is 0.611. The molecule has 1 rings (SSSR count). The van der Waals surface area contributed by atoms with Crippen LogP contribution in [0.3, 0.4) is 0 Å². The highest BCUT2D eigenvalue weighted by atomic mass is 127. The minimum atomic E-state index is 0. The molecular formula is C18H33IN4. The second-order valence-electron chi connectivity index (χ2n) is 5.84. The number of hydrogen-bond donors (Lipinski definition) is 2. The molecule has 23 heavy (non-hydrogen) atoms. The molecule has 0 fully saturated rings. The van der Waals surface area contributed by atoms with E-state index in [1.54, 1.807) is 0 Å². The van der Waals surface area contributed by atoms with E-state index in [-0.39, 0.29) is 24.0 Å². The number of unbranched alkanes of at least 4 members (excludes halogenated alkanes) is 3. The molecule has 132 valence electrons. The number of nitrogens with one attached hydrogen (secondary N) is 1. The zero-order valence-corrected chi connectivity index (χ0v) is 17.2. The van der Waals surface area contributed by atoms with Crippen molar-refractivity contribution in [3.63, 3.8) is 0 Å². The van der Waals surface area contributed by atoms with Gasteiger partial charge in [0.15, 0.2) is 5.96 Å². The molecule has 0 saturated carbocycles. The number of nitrogens with two attached hydrogens (primary N) is 1. The first kappa shape index (κ1) is 22.2. The maximum Gasteiger partial charge on any atom is 0.188 e. The van der Waals surface area contributed by atoms with Crippen molar-refractivity contribution in [3.05, 3.63) is 35.4 Å². The van der Waals surface area contributed by atoms with Gasteiger partial charge in [0.1, 0.15) is 0 Å². The van der Waals surface area contributed by atoms with Crippen LogP contribution in [0.5, 0.6) is 0 Å². The number of guanidine groups is 1. The molecule has 0 aliphatic rings. The highest BCUT2D eigenvalue weighted by Crippen LogP contribution is 2.08. The van der Waals surface area contributed by atoms with E-state index in [1.165, 1.54) is 30.4 Å². The van der Waals surface area contributed by atoms with Crippen molar-refractivity contribution in [1.29, 1.82) is 0 Å². The van der Waals surface area contributed by atoms with E-state index in [2.05, 4.69) is 60.4 Å². The summed E-state index contributed by atoms with van der Waals surface area (Å²) in [5, 5.41) is 3.19. The van der Waals surface area contributed by atoms with Crippen molar-refractivity contribution < 1.29 is 0 Å². The average Bonchev–Trinajstić information content (AvgIpc) is 2.53. The highest BCUT2D eigenvalue weighted by molar-refractivity contribution is 14.0. The minimum absolute atomic E-state index is 0. The molecule has 0 aliphatic heterocycles. The number of hydrogen-bond acceptors (Lipinski definition) is 2. The Morgan fingerprint density at radius 2 is 1.91 bits per heavy atom. The average molecular weight is 432 g/mol. The van der Waals surface area contributed by atoms with Crippen molar-refractivity contribution in [2.45, 2.75) is 52.6 Å². The van der Waals surface area contributed by atoms with Crippen molar-refractivity contribution in [2.75, 3.05) is 20.1 Å². The fourth-order valence-electron chi connectivity index (χ4n) is 2.25. The monoisotopic (exact) mass is 432 g/mol. The lowest BCUT2D eigenvalue weighted by Gasteiger charge is -2.14. The van der Waals surface area contributed by atoms with Gasteiger partial charge in [0.2, 0.25) is 0 Å². The number of rotatable bonds is 10. The molecule has 4 nitrogen and oxygen atoms in total. The molecule has 0 unspecified atom stereocenters. The Balaban J connectivity index is 0.00000484. The molecule has 1 aromatic rings. The van der Waals surface area contributed by atoms with E-state index >= 15 is 0 Å². The second-order valence-corrected chi connectivity index (χ2v) is 5.84.